The van der Waals surface area contributed by atoms with Crippen molar-refractivity contribution in [1.29, 1.82) is 0 Å². The predicted octanol–water partition coefficient (Wildman–Crippen LogP) is 5.49. The van der Waals surface area contributed by atoms with Crippen LogP contribution in [0.5, 0.6) is 0 Å². The fourth-order valence-corrected chi connectivity index (χ4v) is 4.62. The van der Waals surface area contributed by atoms with Gasteiger partial charge in [0.2, 0.25) is 5.56 Å². The number of aromatic nitrogens is 3. The van der Waals surface area contributed by atoms with E-state index in [0.717, 1.165) is 33.3 Å². The SMILES string of the molecule is Cn1cncc1C(N)(c1ccc(Cl)cc1)c1ccc2[nH]c(=O)cc(-c3cccc(Cl)c3)c2c1. The maximum Gasteiger partial charge on any atom is 0.249 e. The molecule has 0 aliphatic rings. The van der Waals surface area contributed by atoms with E-state index in [9.17, 15) is 4.79 Å². The van der Waals surface area contributed by atoms with Crippen molar-refractivity contribution in [3.8, 4) is 11.1 Å². The Hall–Kier alpha value is -3.38. The summed E-state index contributed by atoms with van der Waals surface area (Å²) in [7, 11) is 1.91. The molecule has 2 heterocycles. The molecule has 0 aliphatic carbocycles. The molecule has 5 rings (SSSR count). The molecule has 0 fully saturated rings. The second-order valence-electron chi connectivity index (χ2n) is 8.02. The molecule has 3 N–H and O–H groups in total. The molecule has 0 aliphatic heterocycles. The van der Waals surface area contributed by atoms with Gasteiger partial charge in [-0.3, -0.25) is 4.79 Å². The lowest BCUT2D eigenvalue weighted by atomic mass is 9.80. The maximum atomic E-state index is 12.4. The molecule has 0 radical (unpaired) electrons. The minimum atomic E-state index is -1.01. The van der Waals surface area contributed by atoms with E-state index in [2.05, 4.69) is 9.97 Å². The van der Waals surface area contributed by atoms with E-state index in [0.29, 0.717) is 15.6 Å². The molecule has 33 heavy (non-hydrogen) atoms. The maximum absolute atomic E-state index is 12.4. The zero-order valence-corrected chi connectivity index (χ0v) is 19.2. The Labute approximate surface area is 200 Å². The van der Waals surface area contributed by atoms with Gasteiger partial charge in [-0.15, -0.1) is 0 Å². The Bertz CT molecular complexity index is 1540. The molecule has 164 valence electrons. The first-order chi connectivity index (χ1) is 15.9. The number of aromatic amines is 1. The zero-order valence-electron chi connectivity index (χ0n) is 17.7. The van der Waals surface area contributed by atoms with Gasteiger partial charge in [0.05, 0.1) is 18.2 Å². The minimum Gasteiger partial charge on any atom is -0.336 e. The Morgan fingerprint density at radius 2 is 1.70 bits per heavy atom. The molecule has 3 aromatic carbocycles. The van der Waals surface area contributed by atoms with E-state index in [1.165, 1.54) is 0 Å². The molecule has 0 saturated heterocycles. The van der Waals surface area contributed by atoms with Gasteiger partial charge in [-0.1, -0.05) is 53.5 Å². The second kappa shape index (κ2) is 8.19. The van der Waals surface area contributed by atoms with Crippen LogP contribution in [0.2, 0.25) is 10.0 Å². The van der Waals surface area contributed by atoms with Gasteiger partial charge in [0.1, 0.15) is 5.54 Å². The van der Waals surface area contributed by atoms with Crippen molar-refractivity contribution in [2.45, 2.75) is 5.54 Å². The monoisotopic (exact) mass is 474 g/mol. The van der Waals surface area contributed by atoms with Crippen molar-refractivity contribution in [2.24, 2.45) is 12.8 Å². The Morgan fingerprint density at radius 3 is 2.39 bits per heavy atom. The summed E-state index contributed by atoms with van der Waals surface area (Å²) in [5.41, 5.74) is 10.9. The van der Waals surface area contributed by atoms with Crippen LogP contribution in [-0.4, -0.2) is 14.5 Å². The average molecular weight is 475 g/mol. The van der Waals surface area contributed by atoms with Crippen molar-refractivity contribution in [2.75, 3.05) is 0 Å². The topological polar surface area (TPSA) is 76.7 Å². The fraction of sp³-hybridized carbons (Fsp3) is 0.0769. The van der Waals surface area contributed by atoms with Crippen molar-refractivity contribution in [1.82, 2.24) is 14.5 Å². The molecule has 5 nitrogen and oxygen atoms in total. The fourth-order valence-electron chi connectivity index (χ4n) is 4.31. The van der Waals surface area contributed by atoms with Gasteiger partial charge < -0.3 is 15.3 Å². The standard InChI is InChI=1S/C26H20Cl2N4O/c1-32-15-30-14-24(32)26(29,17-5-8-19(27)9-6-17)18-7-10-23-22(12-18)21(13-25(33)31-23)16-3-2-4-20(28)11-16/h2-15H,29H2,1H3,(H,31,33). The molecule has 0 amide bonds. The quantitative estimate of drug-likeness (QED) is 0.361. The summed E-state index contributed by atoms with van der Waals surface area (Å²) < 4.78 is 1.91. The van der Waals surface area contributed by atoms with Gasteiger partial charge in [0, 0.05) is 34.1 Å². The number of aryl methyl sites for hydroxylation is 1. The van der Waals surface area contributed by atoms with E-state index in [4.69, 9.17) is 28.9 Å². The van der Waals surface area contributed by atoms with Gasteiger partial charge in [0.15, 0.2) is 0 Å². The number of pyridine rings is 1. The third-order valence-electron chi connectivity index (χ3n) is 5.95. The molecule has 0 spiro atoms. The molecule has 7 heteroatoms. The normalized spacial score (nSPS) is 13.2. The highest BCUT2D eigenvalue weighted by Crippen LogP contribution is 2.37. The highest BCUT2D eigenvalue weighted by Gasteiger charge is 2.35. The summed E-state index contributed by atoms with van der Waals surface area (Å²) in [6.07, 6.45) is 3.49. The van der Waals surface area contributed by atoms with Crippen molar-refractivity contribution in [3.05, 3.63) is 123 Å². The van der Waals surface area contributed by atoms with Crippen LogP contribution in [0.25, 0.3) is 22.0 Å². The van der Waals surface area contributed by atoms with E-state index < -0.39 is 5.54 Å². The van der Waals surface area contributed by atoms with E-state index in [1.807, 2.05) is 72.3 Å². The predicted molar refractivity (Wildman–Crippen MR) is 134 cm³/mol. The molecule has 2 aromatic heterocycles. The van der Waals surface area contributed by atoms with Gasteiger partial charge in [-0.25, -0.2) is 4.98 Å². The third kappa shape index (κ3) is 3.74. The van der Waals surface area contributed by atoms with E-state index >= 15 is 0 Å². The first-order valence-corrected chi connectivity index (χ1v) is 11.1. The second-order valence-corrected chi connectivity index (χ2v) is 8.90. The summed E-state index contributed by atoms with van der Waals surface area (Å²) in [5.74, 6) is 0. The van der Waals surface area contributed by atoms with Crippen LogP contribution in [0.1, 0.15) is 16.8 Å². The molecular weight excluding hydrogens is 455 g/mol. The van der Waals surface area contributed by atoms with Crippen LogP contribution in [0.15, 0.2) is 90.1 Å². The van der Waals surface area contributed by atoms with Crippen molar-refractivity contribution in [3.63, 3.8) is 0 Å². The van der Waals surface area contributed by atoms with Crippen LogP contribution < -0.4 is 11.3 Å². The lowest BCUT2D eigenvalue weighted by molar-refractivity contribution is 0.596. The summed E-state index contributed by atoms with van der Waals surface area (Å²) in [6, 6.07) is 22.4. The number of nitrogens with two attached hydrogens (primary N) is 1. The summed E-state index contributed by atoms with van der Waals surface area (Å²) in [4.78, 5) is 19.6. The average Bonchev–Trinajstić information content (AvgIpc) is 3.24. The smallest absolute Gasteiger partial charge is 0.249 e. The van der Waals surface area contributed by atoms with E-state index in [-0.39, 0.29) is 5.56 Å². The first-order valence-electron chi connectivity index (χ1n) is 10.3. The number of rotatable bonds is 4. The molecular formula is C26H20Cl2N4O. The van der Waals surface area contributed by atoms with Crippen LogP contribution in [0, 0.1) is 0 Å². The van der Waals surface area contributed by atoms with Gasteiger partial charge in [-0.2, -0.15) is 0 Å². The van der Waals surface area contributed by atoms with Crippen LogP contribution in [0.4, 0.5) is 0 Å². The highest BCUT2D eigenvalue weighted by atomic mass is 35.5. The molecule has 0 bridgehead atoms. The van der Waals surface area contributed by atoms with Crippen LogP contribution >= 0.6 is 23.2 Å². The number of hydrogen-bond donors (Lipinski definition) is 2. The number of nitrogens with one attached hydrogen (secondary N) is 1. The lowest BCUT2D eigenvalue weighted by Crippen LogP contribution is -2.40. The van der Waals surface area contributed by atoms with Gasteiger partial charge in [0.25, 0.3) is 0 Å². The summed E-state index contributed by atoms with van der Waals surface area (Å²) in [5, 5.41) is 2.09. The van der Waals surface area contributed by atoms with Gasteiger partial charge in [-0.05, 0) is 58.7 Å². The van der Waals surface area contributed by atoms with Gasteiger partial charge >= 0.3 is 0 Å². The number of benzene rings is 3. The Kier molecular flexibility index (Phi) is 5.33. The molecule has 1 unspecified atom stereocenters. The number of hydrogen-bond acceptors (Lipinski definition) is 3. The molecule has 5 aromatic rings. The van der Waals surface area contributed by atoms with E-state index in [1.54, 1.807) is 24.7 Å². The summed E-state index contributed by atoms with van der Waals surface area (Å²) in [6.45, 7) is 0. The number of halogens is 2. The largest absolute Gasteiger partial charge is 0.336 e. The molecule has 1 atom stereocenters. The Morgan fingerprint density at radius 1 is 0.939 bits per heavy atom. The van der Waals surface area contributed by atoms with Crippen LogP contribution in [-0.2, 0) is 12.6 Å². The minimum absolute atomic E-state index is 0.187. The number of imidazole rings is 1. The Balaban J connectivity index is 1.81. The number of fused-ring (bicyclic) bond motifs is 1. The highest BCUT2D eigenvalue weighted by molar-refractivity contribution is 6.31. The summed E-state index contributed by atoms with van der Waals surface area (Å²) >= 11 is 12.4. The number of H-pyrrole nitrogens is 1. The lowest BCUT2D eigenvalue weighted by Gasteiger charge is -2.31. The van der Waals surface area contributed by atoms with Crippen LogP contribution in [0.3, 0.4) is 0 Å². The zero-order chi connectivity index (χ0) is 23.2. The molecule has 0 saturated carbocycles. The van der Waals surface area contributed by atoms with Crippen molar-refractivity contribution >= 4 is 34.1 Å². The van der Waals surface area contributed by atoms with Crippen molar-refractivity contribution < 1.29 is 0 Å². The first kappa shape index (κ1) is 21.5. The number of nitrogens with zero attached hydrogens (tertiary/aromatic N) is 2. The third-order valence-corrected chi connectivity index (χ3v) is 6.44.